The number of anilines is 2. The van der Waals surface area contributed by atoms with E-state index in [1.807, 2.05) is 24.4 Å². The van der Waals surface area contributed by atoms with Crippen molar-refractivity contribution in [2.24, 2.45) is 10.7 Å². The van der Waals surface area contributed by atoms with E-state index in [2.05, 4.69) is 45.0 Å². The molecule has 1 aliphatic rings. The summed E-state index contributed by atoms with van der Waals surface area (Å²) in [5.41, 5.74) is 8.08. The van der Waals surface area contributed by atoms with Crippen LogP contribution in [-0.4, -0.2) is 43.2 Å². The molecular weight excluding hydrogens is 355 g/mol. The van der Waals surface area contributed by atoms with Crippen molar-refractivity contribution in [3.8, 4) is 0 Å². The number of guanidine groups is 1. The molecule has 2 aromatic rings. The van der Waals surface area contributed by atoms with Gasteiger partial charge in [0, 0.05) is 44.1 Å². The molecule has 1 aliphatic heterocycles. The summed E-state index contributed by atoms with van der Waals surface area (Å²) < 4.78 is 13.1. The summed E-state index contributed by atoms with van der Waals surface area (Å²) in [6, 6.07) is 11.0. The van der Waals surface area contributed by atoms with Gasteiger partial charge in [0.05, 0.1) is 6.54 Å². The molecule has 28 heavy (non-hydrogen) atoms. The number of hydrogen-bond donors (Lipinski definition) is 2. The lowest BCUT2D eigenvalue weighted by atomic mass is 10.2. The number of aliphatic imine (C=N–C) groups is 1. The number of nitrogens with one attached hydrogen (secondary N) is 1. The Labute approximate surface area is 166 Å². The summed E-state index contributed by atoms with van der Waals surface area (Å²) in [5, 5.41) is 3.17. The lowest BCUT2D eigenvalue weighted by Crippen LogP contribution is -2.46. The predicted octanol–water partition coefficient (Wildman–Crippen LogP) is 2.75. The molecule has 0 radical (unpaired) electrons. The van der Waals surface area contributed by atoms with Crippen LogP contribution in [0.1, 0.15) is 25.8 Å². The summed E-state index contributed by atoms with van der Waals surface area (Å²) in [4.78, 5) is 13.5. The number of rotatable bonds is 6. The van der Waals surface area contributed by atoms with Crippen molar-refractivity contribution in [3.63, 3.8) is 0 Å². The minimum Gasteiger partial charge on any atom is -0.370 e. The van der Waals surface area contributed by atoms with Crippen molar-refractivity contribution in [3.05, 3.63) is 54.0 Å². The van der Waals surface area contributed by atoms with E-state index < -0.39 is 0 Å². The predicted molar refractivity (Wildman–Crippen MR) is 113 cm³/mol. The van der Waals surface area contributed by atoms with Crippen LogP contribution in [0.25, 0.3) is 0 Å². The van der Waals surface area contributed by atoms with E-state index in [4.69, 9.17) is 5.73 Å². The molecule has 0 amide bonds. The van der Waals surface area contributed by atoms with Gasteiger partial charge >= 0.3 is 0 Å². The smallest absolute Gasteiger partial charge is 0.189 e. The second kappa shape index (κ2) is 9.39. The molecule has 1 saturated heterocycles. The Morgan fingerprint density at radius 2 is 1.86 bits per heavy atom. The van der Waals surface area contributed by atoms with E-state index in [0.717, 1.165) is 49.7 Å². The maximum absolute atomic E-state index is 13.1. The van der Waals surface area contributed by atoms with Crippen LogP contribution in [0.2, 0.25) is 0 Å². The zero-order valence-electron chi connectivity index (χ0n) is 16.6. The lowest BCUT2D eigenvalue weighted by Gasteiger charge is -2.36. The molecule has 0 aliphatic carbocycles. The largest absolute Gasteiger partial charge is 0.370 e. The third-order valence-corrected chi connectivity index (χ3v) is 5.04. The van der Waals surface area contributed by atoms with E-state index >= 15 is 0 Å². The van der Waals surface area contributed by atoms with Crippen molar-refractivity contribution in [1.82, 2.24) is 10.3 Å². The van der Waals surface area contributed by atoms with Crippen molar-refractivity contribution in [2.75, 3.05) is 36.0 Å². The van der Waals surface area contributed by atoms with Crippen molar-refractivity contribution >= 4 is 17.5 Å². The zero-order chi connectivity index (χ0) is 19.9. The highest BCUT2D eigenvalue weighted by Gasteiger charge is 2.18. The maximum atomic E-state index is 13.1. The molecule has 3 N–H and O–H groups in total. The van der Waals surface area contributed by atoms with Gasteiger partial charge in [0.15, 0.2) is 5.96 Å². The Hall–Kier alpha value is -2.83. The van der Waals surface area contributed by atoms with E-state index in [0.29, 0.717) is 18.5 Å². The monoisotopic (exact) mass is 384 g/mol. The number of halogens is 1. The molecular formula is C21H29FN6. The van der Waals surface area contributed by atoms with Gasteiger partial charge in [-0.25, -0.2) is 14.4 Å². The summed E-state index contributed by atoms with van der Waals surface area (Å²) in [6.45, 7) is 8.21. The SMILES string of the molecule is CCC(C)NC(N)=NCc1ccnc(N2CCN(c3ccc(F)cc3)CC2)c1. The highest BCUT2D eigenvalue weighted by Crippen LogP contribution is 2.20. The highest BCUT2D eigenvalue weighted by atomic mass is 19.1. The first-order valence-electron chi connectivity index (χ1n) is 9.82. The number of benzene rings is 1. The highest BCUT2D eigenvalue weighted by molar-refractivity contribution is 5.78. The Morgan fingerprint density at radius 1 is 1.18 bits per heavy atom. The summed E-state index contributed by atoms with van der Waals surface area (Å²) in [5.74, 6) is 1.23. The van der Waals surface area contributed by atoms with Crippen molar-refractivity contribution in [2.45, 2.75) is 32.9 Å². The van der Waals surface area contributed by atoms with Gasteiger partial charge in [0.25, 0.3) is 0 Å². The summed E-state index contributed by atoms with van der Waals surface area (Å²) in [6.07, 6.45) is 2.82. The Balaban J connectivity index is 1.57. The fraction of sp³-hybridized carbons (Fsp3) is 0.429. The molecule has 150 valence electrons. The van der Waals surface area contributed by atoms with Crippen LogP contribution in [0.4, 0.5) is 15.9 Å². The molecule has 6 nitrogen and oxygen atoms in total. The summed E-state index contributed by atoms with van der Waals surface area (Å²) >= 11 is 0. The van der Waals surface area contributed by atoms with Gasteiger partial charge in [-0.15, -0.1) is 0 Å². The van der Waals surface area contributed by atoms with Gasteiger partial charge in [-0.3, -0.25) is 0 Å². The van der Waals surface area contributed by atoms with Gasteiger partial charge < -0.3 is 20.9 Å². The van der Waals surface area contributed by atoms with Crippen LogP contribution < -0.4 is 20.9 Å². The number of piperazine rings is 1. The van der Waals surface area contributed by atoms with Gasteiger partial charge in [-0.1, -0.05) is 6.92 Å². The molecule has 0 spiro atoms. The van der Waals surface area contributed by atoms with E-state index in [-0.39, 0.29) is 5.82 Å². The van der Waals surface area contributed by atoms with E-state index in [1.165, 1.54) is 12.1 Å². The standard InChI is InChI=1S/C21H29FN6/c1-3-16(2)26-21(23)25-15-17-8-9-24-20(14-17)28-12-10-27(11-13-28)19-6-4-18(22)5-7-19/h4-9,14,16H,3,10-13,15H2,1-2H3,(H3,23,25,26). The van der Waals surface area contributed by atoms with Gasteiger partial charge in [-0.05, 0) is 55.3 Å². The molecule has 7 heteroatoms. The first-order valence-corrected chi connectivity index (χ1v) is 9.82. The molecule has 1 unspecified atom stereocenters. The first kappa shape index (κ1) is 19.9. The average Bonchev–Trinajstić information content (AvgIpc) is 2.73. The van der Waals surface area contributed by atoms with Gasteiger partial charge in [0.2, 0.25) is 0 Å². The topological polar surface area (TPSA) is 69.8 Å². The third-order valence-electron chi connectivity index (χ3n) is 5.04. The van der Waals surface area contributed by atoms with Crippen LogP contribution in [-0.2, 0) is 6.54 Å². The lowest BCUT2D eigenvalue weighted by molar-refractivity contribution is 0.624. The number of aromatic nitrogens is 1. The van der Waals surface area contributed by atoms with Crippen LogP contribution in [0.3, 0.4) is 0 Å². The Kier molecular flexibility index (Phi) is 6.68. The average molecular weight is 385 g/mol. The Morgan fingerprint density at radius 3 is 2.54 bits per heavy atom. The fourth-order valence-corrected chi connectivity index (χ4v) is 3.15. The van der Waals surface area contributed by atoms with Crippen molar-refractivity contribution < 1.29 is 4.39 Å². The second-order valence-electron chi connectivity index (χ2n) is 7.13. The van der Waals surface area contributed by atoms with Gasteiger partial charge in [0.1, 0.15) is 11.6 Å². The third kappa shape index (κ3) is 5.34. The van der Waals surface area contributed by atoms with Crippen LogP contribution in [0, 0.1) is 5.82 Å². The number of hydrogen-bond acceptors (Lipinski definition) is 4. The summed E-state index contributed by atoms with van der Waals surface area (Å²) in [7, 11) is 0. The van der Waals surface area contributed by atoms with Crippen molar-refractivity contribution in [1.29, 1.82) is 0 Å². The normalized spacial score (nSPS) is 16.2. The molecule has 0 bridgehead atoms. The van der Waals surface area contributed by atoms with Crippen LogP contribution in [0.15, 0.2) is 47.6 Å². The van der Waals surface area contributed by atoms with E-state index in [1.54, 1.807) is 0 Å². The molecule has 1 fully saturated rings. The maximum Gasteiger partial charge on any atom is 0.189 e. The number of pyridine rings is 1. The van der Waals surface area contributed by atoms with Crippen LogP contribution >= 0.6 is 0 Å². The second-order valence-corrected chi connectivity index (χ2v) is 7.13. The zero-order valence-corrected chi connectivity index (χ0v) is 16.6. The molecule has 1 aromatic heterocycles. The minimum absolute atomic E-state index is 0.203. The molecule has 1 aromatic carbocycles. The fourth-order valence-electron chi connectivity index (χ4n) is 3.15. The number of nitrogens with two attached hydrogens (primary N) is 1. The van der Waals surface area contributed by atoms with E-state index in [9.17, 15) is 4.39 Å². The van der Waals surface area contributed by atoms with Crippen LogP contribution in [0.5, 0.6) is 0 Å². The van der Waals surface area contributed by atoms with Gasteiger partial charge in [-0.2, -0.15) is 0 Å². The molecule has 2 heterocycles. The quantitative estimate of drug-likeness (QED) is 0.592. The molecule has 0 saturated carbocycles. The first-order chi connectivity index (χ1) is 13.5. The minimum atomic E-state index is -0.203. The molecule has 3 rings (SSSR count). The molecule has 1 atom stereocenters. The number of nitrogens with zero attached hydrogens (tertiary/aromatic N) is 4. The Bertz CT molecular complexity index is 784.